The number of aromatic nitrogens is 2. The number of carbonyl (C=O) groups is 1. The summed E-state index contributed by atoms with van der Waals surface area (Å²) >= 11 is 0. The van der Waals surface area contributed by atoms with Gasteiger partial charge in [-0.25, -0.2) is 0 Å². The number of hydrogen-bond acceptors (Lipinski definition) is 7. The molecule has 1 amide bonds. The van der Waals surface area contributed by atoms with Crippen LogP contribution in [0.1, 0.15) is 51.5 Å². The van der Waals surface area contributed by atoms with Crippen molar-refractivity contribution in [3.63, 3.8) is 0 Å². The molecular weight excluding hydrogens is 430 g/mol. The lowest BCUT2D eigenvalue weighted by Gasteiger charge is -2.30. The number of nitrogens with zero attached hydrogens (tertiary/aromatic N) is 4. The van der Waals surface area contributed by atoms with Crippen molar-refractivity contribution in [2.75, 3.05) is 52.5 Å². The van der Waals surface area contributed by atoms with Gasteiger partial charge in [0.15, 0.2) is 0 Å². The molecule has 2 aliphatic rings. The molecule has 186 valence electrons. The van der Waals surface area contributed by atoms with Gasteiger partial charge in [-0.05, 0) is 49.9 Å². The SMILES string of the molecule is CC(C)(C)c1ccc(-c2noc(CN3CCC(C(=O)NCCCN4CCOCC4)CC3)n2)cc1. The lowest BCUT2D eigenvalue weighted by Crippen LogP contribution is -2.41. The molecule has 0 spiro atoms. The van der Waals surface area contributed by atoms with E-state index in [9.17, 15) is 4.79 Å². The number of nitrogens with one attached hydrogen (secondary N) is 1. The van der Waals surface area contributed by atoms with Gasteiger partial charge in [0.05, 0.1) is 19.8 Å². The number of piperidine rings is 1. The van der Waals surface area contributed by atoms with E-state index in [4.69, 9.17) is 9.26 Å². The molecule has 0 unspecified atom stereocenters. The third kappa shape index (κ3) is 6.87. The highest BCUT2D eigenvalue weighted by Crippen LogP contribution is 2.25. The van der Waals surface area contributed by atoms with E-state index in [0.29, 0.717) is 18.3 Å². The van der Waals surface area contributed by atoms with Gasteiger partial charge in [-0.3, -0.25) is 14.6 Å². The molecule has 8 nitrogen and oxygen atoms in total. The standard InChI is InChI=1S/C26H39N5O3/c1-26(2,3)22-7-5-20(6-8-22)24-28-23(34-29-24)19-31-13-9-21(10-14-31)25(32)27-11-4-12-30-15-17-33-18-16-30/h5-8,21H,4,9-19H2,1-3H3,(H,27,32). The number of rotatable bonds is 8. The monoisotopic (exact) mass is 469 g/mol. The number of carbonyl (C=O) groups excluding carboxylic acids is 1. The summed E-state index contributed by atoms with van der Waals surface area (Å²) in [5, 5.41) is 7.31. The van der Waals surface area contributed by atoms with E-state index in [1.807, 2.05) is 0 Å². The van der Waals surface area contributed by atoms with Gasteiger partial charge >= 0.3 is 0 Å². The summed E-state index contributed by atoms with van der Waals surface area (Å²) in [5.41, 5.74) is 2.36. The minimum Gasteiger partial charge on any atom is -0.379 e. The molecule has 1 aromatic carbocycles. The zero-order valence-corrected chi connectivity index (χ0v) is 20.9. The van der Waals surface area contributed by atoms with E-state index < -0.39 is 0 Å². The maximum absolute atomic E-state index is 12.6. The van der Waals surface area contributed by atoms with E-state index >= 15 is 0 Å². The fraction of sp³-hybridized carbons (Fsp3) is 0.654. The van der Waals surface area contributed by atoms with Gasteiger partial charge in [-0.2, -0.15) is 4.98 Å². The maximum atomic E-state index is 12.6. The molecule has 0 atom stereocenters. The number of amides is 1. The van der Waals surface area contributed by atoms with Crippen LogP contribution in [0.4, 0.5) is 0 Å². The first-order chi connectivity index (χ1) is 16.4. The van der Waals surface area contributed by atoms with Crippen LogP contribution in [0.15, 0.2) is 28.8 Å². The van der Waals surface area contributed by atoms with Gasteiger partial charge < -0.3 is 14.6 Å². The number of hydrogen-bond donors (Lipinski definition) is 1. The predicted octanol–water partition coefficient (Wildman–Crippen LogP) is 3.08. The minimum absolute atomic E-state index is 0.0965. The Hall–Kier alpha value is -2.29. The lowest BCUT2D eigenvalue weighted by molar-refractivity contribution is -0.126. The van der Waals surface area contributed by atoms with Crippen LogP contribution in [0, 0.1) is 5.92 Å². The Morgan fingerprint density at radius 1 is 1.06 bits per heavy atom. The highest BCUT2D eigenvalue weighted by molar-refractivity contribution is 5.78. The summed E-state index contributed by atoms with van der Waals surface area (Å²) in [7, 11) is 0. The summed E-state index contributed by atoms with van der Waals surface area (Å²) < 4.78 is 10.9. The second kappa shape index (κ2) is 11.4. The van der Waals surface area contributed by atoms with Crippen molar-refractivity contribution in [3.8, 4) is 11.4 Å². The van der Waals surface area contributed by atoms with Crippen LogP contribution in [0.3, 0.4) is 0 Å². The van der Waals surface area contributed by atoms with Crippen molar-refractivity contribution in [2.45, 2.75) is 52.0 Å². The van der Waals surface area contributed by atoms with Crippen LogP contribution in [0.25, 0.3) is 11.4 Å². The van der Waals surface area contributed by atoms with Crippen molar-refractivity contribution in [3.05, 3.63) is 35.7 Å². The first-order valence-electron chi connectivity index (χ1n) is 12.6. The fourth-order valence-electron chi connectivity index (χ4n) is 4.58. The second-order valence-corrected chi connectivity index (χ2v) is 10.5. The molecule has 1 aromatic heterocycles. The van der Waals surface area contributed by atoms with Gasteiger partial charge in [0.1, 0.15) is 0 Å². The molecule has 34 heavy (non-hydrogen) atoms. The predicted molar refractivity (Wildman–Crippen MR) is 131 cm³/mol. The third-order valence-corrected chi connectivity index (χ3v) is 6.85. The molecule has 0 aliphatic carbocycles. The van der Waals surface area contributed by atoms with Crippen LogP contribution in [0.2, 0.25) is 0 Å². The van der Waals surface area contributed by atoms with Gasteiger partial charge in [-0.1, -0.05) is 50.2 Å². The average molecular weight is 470 g/mol. The van der Waals surface area contributed by atoms with E-state index in [-0.39, 0.29) is 17.2 Å². The first kappa shape index (κ1) is 24.8. The molecule has 0 saturated carbocycles. The lowest BCUT2D eigenvalue weighted by atomic mass is 9.87. The molecule has 2 fully saturated rings. The number of benzene rings is 1. The Morgan fingerprint density at radius 2 is 1.76 bits per heavy atom. The Kier molecular flexibility index (Phi) is 8.34. The fourth-order valence-corrected chi connectivity index (χ4v) is 4.58. The number of likely N-dealkylation sites (tertiary alicyclic amines) is 1. The Bertz CT molecular complexity index is 907. The molecule has 2 saturated heterocycles. The highest BCUT2D eigenvalue weighted by Gasteiger charge is 2.26. The van der Waals surface area contributed by atoms with Gasteiger partial charge in [-0.15, -0.1) is 0 Å². The zero-order chi connectivity index (χ0) is 24.0. The Morgan fingerprint density at radius 3 is 2.44 bits per heavy atom. The topological polar surface area (TPSA) is 83.7 Å². The van der Waals surface area contributed by atoms with Gasteiger partial charge in [0, 0.05) is 31.1 Å². The molecule has 1 N–H and O–H groups in total. The van der Waals surface area contributed by atoms with Crippen molar-refractivity contribution >= 4 is 5.91 Å². The van der Waals surface area contributed by atoms with Crippen LogP contribution in [0.5, 0.6) is 0 Å². The summed E-state index contributed by atoms with van der Waals surface area (Å²) in [5.74, 6) is 1.54. The van der Waals surface area contributed by atoms with Crippen LogP contribution < -0.4 is 5.32 Å². The van der Waals surface area contributed by atoms with Crippen LogP contribution in [-0.2, 0) is 21.5 Å². The van der Waals surface area contributed by atoms with Crippen molar-refractivity contribution in [2.24, 2.45) is 5.92 Å². The Labute approximate surface area is 203 Å². The Balaban J connectivity index is 1.17. The van der Waals surface area contributed by atoms with Crippen molar-refractivity contribution in [1.29, 1.82) is 0 Å². The quantitative estimate of drug-likeness (QED) is 0.595. The summed E-state index contributed by atoms with van der Waals surface area (Å²) in [6.07, 6.45) is 2.72. The van der Waals surface area contributed by atoms with E-state index in [2.05, 4.69) is 70.3 Å². The molecule has 0 bridgehead atoms. The molecule has 2 aliphatic heterocycles. The first-order valence-corrected chi connectivity index (χ1v) is 12.6. The number of ether oxygens (including phenoxy) is 1. The smallest absolute Gasteiger partial charge is 0.241 e. The minimum atomic E-state index is 0.0965. The van der Waals surface area contributed by atoms with E-state index in [0.717, 1.165) is 77.3 Å². The van der Waals surface area contributed by atoms with E-state index in [1.54, 1.807) is 0 Å². The van der Waals surface area contributed by atoms with Gasteiger partial charge in [0.2, 0.25) is 17.6 Å². The summed E-state index contributed by atoms with van der Waals surface area (Å²) in [4.78, 5) is 21.8. The van der Waals surface area contributed by atoms with Crippen LogP contribution >= 0.6 is 0 Å². The molecule has 8 heteroatoms. The third-order valence-electron chi connectivity index (χ3n) is 6.85. The molecule has 2 aromatic rings. The highest BCUT2D eigenvalue weighted by atomic mass is 16.5. The molecule has 4 rings (SSSR count). The summed E-state index contributed by atoms with van der Waals surface area (Å²) in [6.45, 7) is 14.4. The molecular formula is C26H39N5O3. The zero-order valence-electron chi connectivity index (χ0n) is 20.9. The molecule has 0 radical (unpaired) electrons. The average Bonchev–Trinajstić information content (AvgIpc) is 3.31. The van der Waals surface area contributed by atoms with Crippen LogP contribution in [-0.4, -0.2) is 78.3 Å². The largest absolute Gasteiger partial charge is 0.379 e. The van der Waals surface area contributed by atoms with Gasteiger partial charge in [0.25, 0.3) is 0 Å². The second-order valence-electron chi connectivity index (χ2n) is 10.5. The van der Waals surface area contributed by atoms with Crippen molar-refractivity contribution < 1.29 is 14.1 Å². The maximum Gasteiger partial charge on any atom is 0.241 e. The number of morpholine rings is 1. The van der Waals surface area contributed by atoms with E-state index in [1.165, 1.54) is 5.56 Å². The summed E-state index contributed by atoms with van der Waals surface area (Å²) in [6, 6.07) is 8.37. The molecule has 3 heterocycles. The van der Waals surface area contributed by atoms with Crippen molar-refractivity contribution in [1.82, 2.24) is 25.3 Å². The normalized spacial score (nSPS) is 18.8.